The van der Waals surface area contributed by atoms with Crippen LogP contribution in [0.5, 0.6) is 0 Å². The number of hydrogen-bond donors (Lipinski definition) is 1. The van der Waals surface area contributed by atoms with E-state index < -0.39 is 0 Å². The summed E-state index contributed by atoms with van der Waals surface area (Å²) in [7, 11) is 0. The second-order valence-electron chi connectivity index (χ2n) is 3.44. The number of nitrogens with one attached hydrogen (secondary N) is 1. The van der Waals surface area contributed by atoms with Crippen LogP contribution in [0.3, 0.4) is 0 Å². The molecule has 0 bridgehead atoms. The van der Waals surface area contributed by atoms with Crippen molar-refractivity contribution < 1.29 is 0 Å². The predicted octanol–water partition coefficient (Wildman–Crippen LogP) is 4.61. The van der Waals surface area contributed by atoms with Crippen LogP contribution < -0.4 is 5.32 Å². The van der Waals surface area contributed by atoms with Crippen LogP contribution in [0.25, 0.3) is 0 Å². The van der Waals surface area contributed by atoms with Gasteiger partial charge in [0.05, 0.1) is 15.7 Å². The minimum Gasteiger partial charge on any atom is -0.380 e. The summed E-state index contributed by atoms with van der Waals surface area (Å²) in [4.78, 5) is 3.94. The molecule has 0 fully saturated rings. The fraction of sp³-hybridized carbons (Fsp3) is 0.0833. The van der Waals surface area contributed by atoms with Gasteiger partial charge in [0.25, 0.3) is 0 Å². The number of rotatable bonds is 3. The maximum absolute atomic E-state index is 6.12. The highest BCUT2D eigenvalue weighted by Gasteiger charge is 2.02. The van der Waals surface area contributed by atoms with E-state index in [4.69, 9.17) is 23.2 Å². The van der Waals surface area contributed by atoms with E-state index in [0.29, 0.717) is 16.6 Å². The molecule has 0 aliphatic rings. The molecule has 0 aliphatic heterocycles. The lowest BCUT2D eigenvalue weighted by Crippen LogP contribution is -2.00. The zero-order valence-electron chi connectivity index (χ0n) is 8.75. The Labute approximate surface area is 123 Å². The van der Waals surface area contributed by atoms with Gasteiger partial charge >= 0.3 is 0 Å². The molecule has 2 aromatic rings. The highest BCUT2D eigenvalue weighted by Crippen LogP contribution is 2.25. The number of anilines is 1. The van der Waals surface area contributed by atoms with Crippen LogP contribution in [-0.4, -0.2) is 4.98 Å². The Morgan fingerprint density at radius 1 is 1.18 bits per heavy atom. The maximum atomic E-state index is 6.12. The van der Waals surface area contributed by atoms with E-state index in [-0.39, 0.29) is 0 Å². The molecule has 0 spiro atoms. The van der Waals surface area contributed by atoms with Crippen molar-refractivity contribution in [1.82, 2.24) is 4.98 Å². The maximum Gasteiger partial charge on any atom is 0.0648 e. The number of pyridine rings is 1. The number of benzene rings is 1. The molecule has 0 saturated carbocycles. The fourth-order valence-electron chi connectivity index (χ4n) is 1.37. The van der Waals surface area contributed by atoms with Gasteiger partial charge in [-0.25, -0.2) is 0 Å². The third kappa shape index (κ3) is 3.47. The summed E-state index contributed by atoms with van der Waals surface area (Å²) in [6, 6.07) is 7.76. The Balaban J connectivity index is 2.10. The number of aromatic nitrogens is 1. The normalized spacial score (nSPS) is 10.3. The van der Waals surface area contributed by atoms with Gasteiger partial charge in [0.15, 0.2) is 0 Å². The van der Waals surface area contributed by atoms with Gasteiger partial charge in [-0.15, -0.1) is 0 Å². The van der Waals surface area contributed by atoms with Crippen molar-refractivity contribution in [1.29, 1.82) is 0 Å². The monoisotopic (exact) mass is 378 g/mol. The van der Waals surface area contributed by atoms with Crippen molar-refractivity contribution in [2.75, 3.05) is 5.32 Å². The molecular formula is C12H9Cl2IN2. The predicted molar refractivity (Wildman–Crippen MR) is 80.7 cm³/mol. The molecule has 2 rings (SSSR count). The lowest BCUT2D eigenvalue weighted by atomic mass is 10.2. The molecule has 1 N–H and O–H groups in total. The van der Waals surface area contributed by atoms with E-state index >= 15 is 0 Å². The molecule has 5 heteroatoms. The van der Waals surface area contributed by atoms with Crippen molar-refractivity contribution in [2.45, 2.75) is 6.54 Å². The Kier molecular flexibility index (Phi) is 4.48. The van der Waals surface area contributed by atoms with Crippen molar-refractivity contribution in [3.05, 3.63) is 55.8 Å². The van der Waals surface area contributed by atoms with Crippen LogP contribution in [0.2, 0.25) is 10.0 Å². The number of halogens is 3. The van der Waals surface area contributed by atoms with Gasteiger partial charge in [-0.2, -0.15) is 0 Å². The molecule has 0 saturated heterocycles. The van der Waals surface area contributed by atoms with Crippen molar-refractivity contribution in [3.8, 4) is 0 Å². The van der Waals surface area contributed by atoms with E-state index in [9.17, 15) is 0 Å². The molecule has 2 nitrogen and oxygen atoms in total. The average Bonchev–Trinajstić information content (AvgIpc) is 2.30. The van der Waals surface area contributed by atoms with E-state index in [1.807, 2.05) is 24.3 Å². The van der Waals surface area contributed by atoms with Gasteiger partial charge in [-0.05, 0) is 52.4 Å². The Bertz CT molecular complexity index is 532. The Morgan fingerprint density at radius 2 is 2.00 bits per heavy atom. The highest BCUT2D eigenvalue weighted by molar-refractivity contribution is 14.1. The Morgan fingerprint density at radius 3 is 2.71 bits per heavy atom. The summed E-state index contributed by atoms with van der Waals surface area (Å²) in [5, 5.41) is 4.61. The first-order valence-corrected chi connectivity index (χ1v) is 6.77. The van der Waals surface area contributed by atoms with E-state index in [1.165, 1.54) is 0 Å². The SMILES string of the molecule is Clc1cnccc1CNc1ccc(I)cc1Cl. The van der Waals surface area contributed by atoms with Gasteiger partial charge in [0.2, 0.25) is 0 Å². The summed E-state index contributed by atoms with van der Waals surface area (Å²) in [6.45, 7) is 0.627. The molecule has 0 unspecified atom stereocenters. The van der Waals surface area contributed by atoms with Gasteiger partial charge < -0.3 is 5.32 Å². The first-order chi connectivity index (χ1) is 8.16. The van der Waals surface area contributed by atoms with Crippen LogP contribution in [0, 0.1) is 3.57 Å². The van der Waals surface area contributed by atoms with E-state index in [1.54, 1.807) is 12.4 Å². The van der Waals surface area contributed by atoms with Crippen LogP contribution in [0.4, 0.5) is 5.69 Å². The van der Waals surface area contributed by atoms with Crippen LogP contribution in [-0.2, 0) is 6.54 Å². The number of nitrogens with zero attached hydrogens (tertiary/aromatic N) is 1. The molecule has 1 aromatic carbocycles. The minimum absolute atomic E-state index is 0.627. The van der Waals surface area contributed by atoms with Gasteiger partial charge in [-0.1, -0.05) is 23.2 Å². The minimum atomic E-state index is 0.627. The van der Waals surface area contributed by atoms with Crippen LogP contribution in [0.15, 0.2) is 36.7 Å². The second-order valence-corrected chi connectivity index (χ2v) is 5.50. The summed E-state index contributed by atoms with van der Waals surface area (Å²) in [5.74, 6) is 0. The third-order valence-corrected chi connectivity index (χ3v) is 3.58. The molecule has 1 heterocycles. The van der Waals surface area contributed by atoms with Gasteiger partial charge in [-0.3, -0.25) is 4.98 Å². The molecule has 0 radical (unpaired) electrons. The van der Waals surface area contributed by atoms with E-state index in [2.05, 4.69) is 32.9 Å². The Hall–Kier alpha value is -0.520. The van der Waals surface area contributed by atoms with Crippen LogP contribution >= 0.6 is 45.8 Å². The second kappa shape index (κ2) is 5.89. The zero-order valence-corrected chi connectivity index (χ0v) is 12.4. The molecule has 88 valence electrons. The highest BCUT2D eigenvalue weighted by atomic mass is 127. The quantitative estimate of drug-likeness (QED) is 0.789. The van der Waals surface area contributed by atoms with Crippen molar-refractivity contribution in [3.63, 3.8) is 0 Å². The lowest BCUT2D eigenvalue weighted by Gasteiger charge is -2.09. The smallest absolute Gasteiger partial charge is 0.0648 e. The summed E-state index contributed by atoms with van der Waals surface area (Å²) >= 11 is 14.4. The topological polar surface area (TPSA) is 24.9 Å². The summed E-state index contributed by atoms with van der Waals surface area (Å²) < 4.78 is 1.11. The van der Waals surface area contributed by atoms with Gasteiger partial charge in [0, 0.05) is 22.5 Å². The largest absolute Gasteiger partial charge is 0.380 e. The number of hydrogen-bond acceptors (Lipinski definition) is 2. The van der Waals surface area contributed by atoms with Gasteiger partial charge in [0.1, 0.15) is 0 Å². The first kappa shape index (κ1) is 12.9. The van der Waals surface area contributed by atoms with E-state index in [0.717, 1.165) is 14.8 Å². The molecule has 0 aliphatic carbocycles. The molecule has 1 aromatic heterocycles. The molecule has 0 amide bonds. The van der Waals surface area contributed by atoms with Crippen molar-refractivity contribution >= 4 is 51.5 Å². The average molecular weight is 379 g/mol. The molecular weight excluding hydrogens is 370 g/mol. The lowest BCUT2D eigenvalue weighted by molar-refractivity contribution is 1.13. The van der Waals surface area contributed by atoms with Crippen molar-refractivity contribution in [2.24, 2.45) is 0 Å². The first-order valence-electron chi connectivity index (χ1n) is 4.94. The fourth-order valence-corrected chi connectivity index (χ4v) is 2.48. The zero-order chi connectivity index (χ0) is 12.3. The van der Waals surface area contributed by atoms with Crippen LogP contribution in [0.1, 0.15) is 5.56 Å². The third-order valence-electron chi connectivity index (χ3n) is 2.26. The summed E-state index contributed by atoms with van der Waals surface area (Å²) in [6.07, 6.45) is 3.35. The summed E-state index contributed by atoms with van der Waals surface area (Å²) in [5.41, 5.74) is 1.90. The molecule has 0 atom stereocenters. The molecule has 17 heavy (non-hydrogen) atoms. The standard InChI is InChI=1S/C12H9Cl2IN2/c13-10-5-9(15)1-2-12(10)17-6-8-3-4-16-7-11(8)14/h1-5,7,17H,6H2.